The minimum Gasteiger partial charge on any atom is -0.313 e. The number of fused-ring (bicyclic) bond motifs is 1. The van der Waals surface area contributed by atoms with Crippen molar-refractivity contribution in [3.05, 3.63) is 34.9 Å². The highest BCUT2D eigenvalue weighted by atomic mass is 14.9. The van der Waals surface area contributed by atoms with Gasteiger partial charge in [0.05, 0.1) is 0 Å². The molecule has 0 heterocycles. The summed E-state index contributed by atoms with van der Waals surface area (Å²) in [6, 6.07) is 7.80. The molecule has 1 N–H and O–H groups in total. The number of nitrogens with one attached hydrogen (secondary N) is 1. The number of rotatable bonds is 5. The Hall–Kier alpha value is -0.820. The molecule has 3 rings (SSSR count). The Morgan fingerprint density at radius 3 is 2.25 bits per heavy atom. The summed E-state index contributed by atoms with van der Waals surface area (Å²) in [7, 11) is 2.15. The lowest BCUT2D eigenvalue weighted by molar-refractivity contribution is 0.480. The molecular weight excluding hydrogens is 242 g/mol. The van der Waals surface area contributed by atoms with E-state index in [9.17, 15) is 0 Å². The monoisotopic (exact) mass is 271 g/mol. The van der Waals surface area contributed by atoms with E-state index in [0.717, 1.165) is 30.6 Å². The average Bonchev–Trinajstić information content (AvgIpc) is 3.22. The molecule has 3 unspecified atom stereocenters. The summed E-state index contributed by atoms with van der Waals surface area (Å²) >= 11 is 0. The van der Waals surface area contributed by atoms with Gasteiger partial charge in [0.2, 0.25) is 0 Å². The van der Waals surface area contributed by atoms with Gasteiger partial charge < -0.3 is 5.32 Å². The number of hydrogen-bond acceptors (Lipinski definition) is 1. The summed E-state index contributed by atoms with van der Waals surface area (Å²) in [6.45, 7) is 4.54. The molecular formula is C19H29N. The van der Waals surface area contributed by atoms with Crippen LogP contribution >= 0.6 is 0 Å². The van der Waals surface area contributed by atoms with Crippen LogP contribution in [0, 0.1) is 17.8 Å². The summed E-state index contributed by atoms with van der Waals surface area (Å²) in [6.07, 6.45) is 8.18. The van der Waals surface area contributed by atoms with Crippen LogP contribution in [0.2, 0.25) is 0 Å². The molecule has 0 radical (unpaired) electrons. The molecule has 0 spiro atoms. The normalized spacial score (nSPS) is 29.9. The standard InChI is InChI=1S/C19H29N/c1-4-13-10-11-15(12-14(13)5-2)19(20-3)18-16-8-6-7-9-17(16)18/h10-12,16-20H,4-9H2,1-3H3. The molecule has 2 saturated carbocycles. The SMILES string of the molecule is CCc1ccc(C(NC)C2C3CCCCC32)cc1CC. The molecule has 2 fully saturated rings. The van der Waals surface area contributed by atoms with E-state index in [4.69, 9.17) is 0 Å². The number of hydrogen-bond donors (Lipinski definition) is 1. The molecule has 20 heavy (non-hydrogen) atoms. The number of aryl methyl sites for hydroxylation is 2. The lowest BCUT2D eigenvalue weighted by Gasteiger charge is -2.19. The van der Waals surface area contributed by atoms with Crippen molar-refractivity contribution in [3.63, 3.8) is 0 Å². The summed E-state index contributed by atoms with van der Waals surface area (Å²) < 4.78 is 0. The van der Waals surface area contributed by atoms with Crippen LogP contribution in [-0.2, 0) is 12.8 Å². The van der Waals surface area contributed by atoms with Gasteiger partial charge in [-0.15, -0.1) is 0 Å². The lowest BCUT2D eigenvalue weighted by atomic mass is 9.94. The molecule has 0 aromatic heterocycles. The van der Waals surface area contributed by atoms with E-state index in [1.807, 2.05) is 0 Å². The Bertz CT molecular complexity index is 453. The van der Waals surface area contributed by atoms with Gasteiger partial charge in [0.25, 0.3) is 0 Å². The molecule has 1 aromatic carbocycles. The maximum absolute atomic E-state index is 3.63. The Balaban J connectivity index is 1.83. The molecule has 110 valence electrons. The van der Waals surface area contributed by atoms with Gasteiger partial charge in [0.1, 0.15) is 0 Å². The zero-order valence-electron chi connectivity index (χ0n) is 13.3. The highest BCUT2D eigenvalue weighted by Crippen LogP contribution is 2.60. The minimum absolute atomic E-state index is 0.583. The second-order valence-electron chi connectivity index (χ2n) is 6.69. The summed E-state index contributed by atoms with van der Waals surface area (Å²) in [4.78, 5) is 0. The molecule has 1 nitrogen and oxygen atoms in total. The molecule has 0 bridgehead atoms. The van der Waals surface area contributed by atoms with Crippen molar-refractivity contribution in [1.82, 2.24) is 5.32 Å². The van der Waals surface area contributed by atoms with E-state index in [1.54, 1.807) is 5.56 Å². The van der Waals surface area contributed by atoms with Gasteiger partial charge in [-0.05, 0) is 67.2 Å². The molecule has 2 aliphatic rings. The van der Waals surface area contributed by atoms with Crippen LogP contribution in [0.1, 0.15) is 62.3 Å². The van der Waals surface area contributed by atoms with Crippen LogP contribution in [-0.4, -0.2) is 7.05 Å². The van der Waals surface area contributed by atoms with Crippen LogP contribution in [0.25, 0.3) is 0 Å². The Morgan fingerprint density at radius 2 is 1.70 bits per heavy atom. The second-order valence-corrected chi connectivity index (χ2v) is 6.69. The highest BCUT2D eigenvalue weighted by Gasteiger charge is 2.53. The van der Waals surface area contributed by atoms with E-state index in [-0.39, 0.29) is 0 Å². The van der Waals surface area contributed by atoms with E-state index < -0.39 is 0 Å². The Morgan fingerprint density at radius 1 is 1.05 bits per heavy atom. The van der Waals surface area contributed by atoms with Crippen LogP contribution < -0.4 is 5.32 Å². The summed E-state index contributed by atoms with van der Waals surface area (Å²) in [5.41, 5.74) is 4.61. The molecule has 0 saturated heterocycles. The van der Waals surface area contributed by atoms with Crippen molar-refractivity contribution in [2.45, 2.75) is 58.4 Å². The first-order chi connectivity index (χ1) is 9.80. The third-order valence-electron chi connectivity index (χ3n) is 5.77. The van der Waals surface area contributed by atoms with Gasteiger partial charge in [-0.2, -0.15) is 0 Å². The van der Waals surface area contributed by atoms with E-state index in [2.05, 4.69) is 44.4 Å². The van der Waals surface area contributed by atoms with E-state index in [0.29, 0.717) is 6.04 Å². The number of benzene rings is 1. The van der Waals surface area contributed by atoms with Crippen LogP contribution in [0.5, 0.6) is 0 Å². The summed E-state index contributed by atoms with van der Waals surface area (Å²) in [5.74, 6) is 2.92. The predicted octanol–water partition coefficient (Wildman–Crippen LogP) is 4.51. The van der Waals surface area contributed by atoms with Gasteiger partial charge in [-0.25, -0.2) is 0 Å². The zero-order chi connectivity index (χ0) is 14.1. The largest absolute Gasteiger partial charge is 0.313 e. The predicted molar refractivity (Wildman–Crippen MR) is 85.9 cm³/mol. The third-order valence-corrected chi connectivity index (χ3v) is 5.77. The minimum atomic E-state index is 0.583. The topological polar surface area (TPSA) is 12.0 Å². The fraction of sp³-hybridized carbons (Fsp3) is 0.684. The molecule has 0 aliphatic heterocycles. The quantitative estimate of drug-likeness (QED) is 0.831. The molecule has 3 atom stereocenters. The van der Waals surface area contributed by atoms with Crippen molar-refractivity contribution in [3.8, 4) is 0 Å². The van der Waals surface area contributed by atoms with Crippen LogP contribution in [0.4, 0.5) is 0 Å². The van der Waals surface area contributed by atoms with Gasteiger partial charge in [-0.3, -0.25) is 0 Å². The highest BCUT2D eigenvalue weighted by molar-refractivity contribution is 5.35. The van der Waals surface area contributed by atoms with Gasteiger partial charge in [-0.1, -0.05) is 44.9 Å². The Kier molecular flexibility index (Phi) is 4.16. The van der Waals surface area contributed by atoms with Crippen molar-refractivity contribution in [1.29, 1.82) is 0 Å². The molecule has 1 heteroatoms. The third kappa shape index (κ3) is 2.41. The van der Waals surface area contributed by atoms with Crippen molar-refractivity contribution < 1.29 is 0 Å². The lowest BCUT2D eigenvalue weighted by Crippen LogP contribution is -2.20. The van der Waals surface area contributed by atoms with Crippen molar-refractivity contribution in [2.24, 2.45) is 17.8 Å². The van der Waals surface area contributed by atoms with Gasteiger partial charge >= 0.3 is 0 Å². The maximum Gasteiger partial charge on any atom is 0.0351 e. The maximum atomic E-state index is 3.63. The van der Waals surface area contributed by atoms with Crippen LogP contribution in [0.15, 0.2) is 18.2 Å². The fourth-order valence-corrected chi connectivity index (χ4v) is 4.64. The van der Waals surface area contributed by atoms with Gasteiger partial charge in [0.15, 0.2) is 0 Å². The zero-order valence-corrected chi connectivity index (χ0v) is 13.3. The fourth-order valence-electron chi connectivity index (χ4n) is 4.64. The molecule has 0 amide bonds. The Labute approximate surface area is 124 Å². The van der Waals surface area contributed by atoms with E-state index in [1.165, 1.54) is 36.8 Å². The molecule has 2 aliphatic carbocycles. The van der Waals surface area contributed by atoms with E-state index >= 15 is 0 Å². The smallest absolute Gasteiger partial charge is 0.0351 e. The van der Waals surface area contributed by atoms with Crippen molar-refractivity contribution in [2.75, 3.05) is 7.05 Å². The van der Waals surface area contributed by atoms with Gasteiger partial charge in [0, 0.05) is 6.04 Å². The first kappa shape index (κ1) is 14.1. The first-order valence-corrected chi connectivity index (χ1v) is 8.59. The van der Waals surface area contributed by atoms with Crippen molar-refractivity contribution >= 4 is 0 Å². The second kappa shape index (κ2) is 5.89. The average molecular weight is 271 g/mol. The molecule has 1 aromatic rings. The summed E-state index contributed by atoms with van der Waals surface area (Å²) in [5, 5.41) is 3.63. The van der Waals surface area contributed by atoms with Crippen LogP contribution in [0.3, 0.4) is 0 Å². The first-order valence-electron chi connectivity index (χ1n) is 8.59.